The summed E-state index contributed by atoms with van der Waals surface area (Å²) in [6.45, 7) is 1.42. The smallest absolute Gasteiger partial charge is 0.242 e. The van der Waals surface area contributed by atoms with Gasteiger partial charge in [0.2, 0.25) is 5.91 Å². The van der Waals surface area contributed by atoms with E-state index in [9.17, 15) is 9.18 Å². The molecule has 1 saturated carbocycles. The first-order valence-corrected chi connectivity index (χ1v) is 8.44. The molecule has 0 unspecified atom stereocenters. The molecule has 0 radical (unpaired) electrons. The van der Waals surface area contributed by atoms with E-state index in [2.05, 4.69) is 10.2 Å². The lowest BCUT2D eigenvalue weighted by Gasteiger charge is -2.33. The lowest BCUT2D eigenvalue weighted by Crippen LogP contribution is -2.48. The number of rotatable bonds is 3. The molecule has 2 aliphatic rings. The van der Waals surface area contributed by atoms with Gasteiger partial charge in [0.05, 0.1) is 11.7 Å². The number of hydrogen-bond donors (Lipinski definition) is 2. The fourth-order valence-electron chi connectivity index (χ4n) is 3.53. The number of carbonyl (C=O) groups excluding carboxylic acids is 1. The monoisotopic (exact) mass is 328 g/mol. The topological polar surface area (TPSA) is 75.0 Å². The molecule has 1 aromatic heterocycles. The average Bonchev–Trinajstić information content (AvgIpc) is 3.16. The van der Waals surface area contributed by atoms with Crippen molar-refractivity contribution >= 4 is 5.91 Å². The molecular formula is C18H21FN4O. The highest BCUT2D eigenvalue weighted by molar-refractivity contribution is 5.89. The van der Waals surface area contributed by atoms with Crippen molar-refractivity contribution in [2.24, 2.45) is 5.73 Å². The number of likely N-dealkylation sites (tertiary alicyclic amines) is 1. The van der Waals surface area contributed by atoms with Crippen LogP contribution in [0, 0.1) is 5.82 Å². The second kappa shape index (κ2) is 5.70. The summed E-state index contributed by atoms with van der Waals surface area (Å²) in [6, 6.07) is 6.56. The molecule has 1 aromatic carbocycles. The number of halogens is 1. The molecular weight excluding hydrogens is 307 g/mol. The Morgan fingerprint density at radius 2 is 2.08 bits per heavy atom. The normalized spacial score (nSPS) is 20.2. The zero-order chi connectivity index (χ0) is 16.7. The molecule has 1 amide bonds. The van der Waals surface area contributed by atoms with Gasteiger partial charge in [0.25, 0.3) is 0 Å². The van der Waals surface area contributed by atoms with Gasteiger partial charge in [-0.2, -0.15) is 5.10 Å². The van der Waals surface area contributed by atoms with Crippen molar-refractivity contribution in [3.63, 3.8) is 0 Å². The minimum absolute atomic E-state index is 0.0934. The maximum absolute atomic E-state index is 13.5. The molecule has 126 valence electrons. The van der Waals surface area contributed by atoms with Gasteiger partial charge in [-0.15, -0.1) is 0 Å². The Bertz CT molecular complexity index is 760. The van der Waals surface area contributed by atoms with Gasteiger partial charge in [-0.25, -0.2) is 4.39 Å². The van der Waals surface area contributed by atoms with Gasteiger partial charge in [0.1, 0.15) is 5.82 Å². The van der Waals surface area contributed by atoms with Crippen LogP contribution in [0.25, 0.3) is 11.1 Å². The van der Waals surface area contributed by atoms with Crippen LogP contribution in [0.3, 0.4) is 0 Å². The second-order valence-corrected chi connectivity index (χ2v) is 6.93. The lowest BCUT2D eigenvalue weighted by molar-refractivity contribution is -0.134. The number of nitrogens with zero attached hydrogens (tertiary/aromatic N) is 2. The van der Waals surface area contributed by atoms with E-state index in [-0.39, 0.29) is 11.7 Å². The van der Waals surface area contributed by atoms with Gasteiger partial charge in [-0.1, -0.05) is 12.1 Å². The van der Waals surface area contributed by atoms with E-state index in [0.29, 0.717) is 19.0 Å². The van der Waals surface area contributed by atoms with Crippen LogP contribution in [0.2, 0.25) is 0 Å². The molecule has 2 aromatic rings. The van der Waals surface area contributed by atoms with Crippen LogP contribution < -0.4 is 5.73 Å². The van der Waals surface area contributed by atoms with Gasteiger partial charge in [-0.05, 0) is 43.4 Å². The molecule has 5 nitrogen and oxygen atoms in total. The molecule has 1 aliphatic heterocycles. The third kappa shape index (κ3) is 2.71. The molecule has 3 N–H and O–H groups in total. The standard InChI is InChI=1S/C18H21FN4O/c19-14-3-1-2-13(10-14)15-11-21-22-16(15)12-4-8-23(9-5-12)17(24)18(20)6-7-18/h1-3,10-12H,4-9,20H2,(H,21,22). The van der Waals surface area contributed by atoms with Crippen LogP contribution in [0.15, 0.2) is 30.5 Å². The maximum atomic E-state index is 13.5. The first kappa shape index (κ1) is 15.3. The Hall–Kier alpha value is -2.21. The number of nitrogens with one attached hydrogen (secondary N) is 1. The van der Waals surface area contributed by atoms with E-state index in [1.165, 1.54) is 12.1 Å². The highest BCUT2D eigenvalue weighted by atomic mass is 19.1. The van der Waals surface area contributed by atoms with Crippen LogP contribution in [0.4, 0.5) is 4.39 Å². The average molecular weight is 328 g/mol. The number of H-pyrrole nitrogens is 1. The number of nitrogens with two attached hydrogens (primary N) is 1. The van der Waals surface area contributed by atoms with Crippen LogP contribution in [-0.2, 0) is 4.79 Å². The first-order chi connectivity index (χ1) is 11.6. The maximum Gasteiger partial charge on any atom is 0.242 e. The number of hydrogen-bond acceptors (Lipinski definition) is 3. The minimum Gasteiger partial charge on any atom is -0.341 e. The number of aromatic amines is 1. The summed E-state index contributed by atoms with van der Waals surface area (Å²) in [6.07, 6.45) is 5.09. The summed E-state index contributed by atoms with van der Waals surface area (Å²) < 4.78 is 13.5. The quantitative estimate of drug-likeness (QED) is 0.908. The van der Waals surface area contributed by atoms with E-state index in [0.717, 1.165) is 42.5 Å². The van der Waals surface area contributed by atoms with Crippen LogP contribution in [-0.4, -0.2) is 39.6 Å². The summed E-state index contributed by atoms with van der Waals surface area (Å²) in [7, 11) is 0. The zero-order valence-corrected chi connectivity index (χ0v) is 13.5. The van der Waals surface area contributed by atoms with Gasteiger partial charge >= 0.3 is 0 Å². The molecule has 1 aliphatic carbocycles. The number of piperidine rings is 1. The summed E-state index contributed by atoms with van der Waals surface area (Å²) in [5.41, 5.74) is 8.23. The fraction of sp³-hybridized carbons (Fsp3) is 0.444. The van der Waals surface area contributed by atoms with Gasteiger partial charge < -0.3 is 10.6 Å². The summed E-state index contributed by atoms with van der Waals surface area (Å²) >= 11 is 0. The Labute approximate surface area is 140 Å². The highest BCUT2D eigenvalue weighted by Gasteiger charge is 2.48. The number of carbonyl (C=O) groups is 1. The Morgan fingerprint density at radius 1 is 1.33 bits per heavy atom. The van der Waals surface area contributed by atoms with Gasteiger partial charge in [0, 0.05) is 30.3 Å². The molecule has 0 atom stereocenters. The molecule has 2 heterocycles. The van der Waals surface area contributed by atoms with Gasteiger partial charge in [-0.3, -0.25) is 9.89 Å². The summed E-state index contributed by atoms with van der Waals surface area (Å²) in [5, 5.41) is 7.24. The Morgan fingerprint density at radius 3 is 2.75 bits per heavy atom. The van der Waals surface area contributed by atoms with Crippen LogP contribution in [0.5, 0.6) is 0 Å². The van der Waals surface area contributed by atoms with Gasteiger partial charge in [0.15, 0.2) is 0 Å². The molecule has 0 spiro atoms. The molecule has 0 bridgehead atoms. The van der Waals surface area contributed by atoms with Crippen molar-refractivity contribution in [2.45, 2.75) is 37.1 Å². The summed E-state index contributed by atoms with van der Waals surface area (Å²) in [4.78, 5) is 14.2. The van der Waals surface area contributed by atoms with E-state index in [1.807, 2.05) is 11.0 Å². The van der Waals surface area contributed by atoms with Crippen LogP contribution in [0.1, 0.15) is 37.3 Å². The van der Waals surface area contributed by atoms with E-state index in [1.54, 1.807) is 12.3 Å². The lowest BCUT2D eigenvalue weighted by atomic mass is 9.89. The Balaban J connectivity index is 1.49. The highest BCUT2D eigenvalue weighted by Crippen LogP contribution is 2.38. The van der Waals surface area contributed by atoms with Crippen LogP contribution >= 0.6 is 0 Å². The molecule has 1 saturated heterocycles. The predicted molar refractivity (Wildman–Crippen MR) is 88.7 cm³/mol. The predicted octanol–water partition coefficient (Wildman–Crippen LogP) is 2.41. The van der Waals surface area contributed by atoms with E-state index >= 15 is 0 Å². The Kier molecular flexibility index (Phi) is 3.64. The second-order valence-electron chi connectivity index (χ2n) is 6.93. The zero-order valence-electron chi connectivity index (χ0n) is 13.5. The largest absolute Gasteiger partial charge is 0.341 e. The number of benzene rings is 1. The summed E-state index contributed by atoms with van der Waals surface area (Å²) in [5.74, 6) is 0.136. The van der Waals surface area contributed by atoms with E-state index in [4.69, 9.17) is 5.73 Å². The van der Waals surface area contributed by atoms with Crippen molar-refractivity contribution in [3.8, 4) is 11.1 Å². The molecule has 4 rings (SSSR count). The van der Waals surface area contributed by atoms with Crippen molar-refractivity contribution in [3.05, 3.63) is 42.0 Å². The van der Waals surface area contributed by atoms with Crippen molar-refractivity contribution < 1.29 is 9.18 Å². The minimum atomic E-state index is -0.590. The van der Waals surface area contributed by atoms with Crippen molar-refractivity contribution in [1.29, 1.82) is 0 Å². The SMILES string of the molecule is NC1(C(=O)N2CCC(c3[nH]ncc3-c3cccc(F)c3)CC2)CC1. The first-order valence-electron chi connectivity index (χ1n) is 8.44. The van der Waals surface area contributed by atoms with E-state index < -0.39 is 5.54 Å². The number of amides is 1. The molecule has 24 heavy (non-hydrogen) atoms. The van der Waals surface area contributed by atoms with Crippen molar-refractivity contribution in [2.75, 3.05) is 13.1 Å². The number of aromatic nitrogens is 2. The van der Waals surface area contributed by atoms with Crippen molar-refractivity contribution in [1.82, 2.24) is 15.1 Å². The third-order valence-corrected chi connectivity index (χ3v) is 5.21. The fourth-order valence-corrected chi connectivity index (χ4v) is 3.53. The molecule has 2 fully saturated rings. The third-order valence-electron chi connectivity index (χ3n) is 5.21. The molecule has 6 heteroatoms.